The first kappa shape index (κ1) is 22.6. The number of hydrazine groups is 1. The largest absolute Gasteiger partial charge is 0.397 e. The second kappa shape index (κ2) is 8.96. The summed E-state index contributed by atoms with van der Waals surface area (Å²) in [5, 5.41) is 12.9. The maximum atomic E-state index is 13.9. The highest BCUT2D eigenvalue weighted by molar-refractivity contribution is 5.74. The molecule has 0 amide bonds. The van der Waals surface area contributed by atoms with Crippen molar-refractivity contribution in [1.82, 2.24) is 19.4 Å². The molecule has 0 radical (unpaired) electrons. The van der Waals surface area contributed by atoms with Crippen molar-refractivity contribution in [1.29, 1.82) is 5.26 Å². The standard InChI is InChI=1S/C20H20F2N8O2/c1-11-5-12(9-27-8-11)29-19(31)18(17(10-26-2)28(4-3-23)20(29)32)30(25)16-7-14(22)13(21)6-15(16)24/h5-9,26H,4,10,24-25H2,1-2H3. The molecule has 0 unspecified atom stereocenters. The molecule has 32 heavy (non-hydrogen) atoms. The smallest absolute Gasteiger partial charge is 0.336 e. The molecule has 2 heterocycles. The molecule has 3 rings (SSSR count). The molecule has 0 saturated heterocycles. The van der Waals surface area contributed by atoms with Gasteiger partial charge < -0.3 is 11.1 Å². The van der Waals surface area contributed by atoms with Gasteiger partial charge >= 0.3 is 5.69 Å². The van der Waals surface area contributed by atoms with E-state index in [1.54, 1.807) is 20.0 Å². The van der Waals surface area contributed by atoms with Crippen LogP contribution in [0.25, 0.3) is 5.69 Å². The fraction of sp³-hybridized carbons (Fsp3) is 0.200. The molecule has 166 valence electrons. The lowest BCUT2D eigenvalue weighted by atomic mass is 10.2. The number of hydrogen-bond donors (Lipinski definition) is 3. The van der Waals surface area contributed by atoms with Gasteiger partial charge in [0.2, 0.25) is 0 Å². The summed E-state index contributed by atoms with van der Waals surface area (Å²) in [4.78, 5) is 30.7. The summed E-state index contributed by atoms with van der Waals surface area (Å²) in [6, 6.07) is 4.91. The first-order chi connectivity index (χ1) is 15.2. The average Bonchev–Trinajstić information content (AvgIpc) is 2.73. The summed E-state index contributed by atoms with van der Waals surface area (Å²) in [6.07, 6.45) is 2.84. The zero-order chi connectivity index (χ0) is 23.6. The number of nitrogens with one attached hydrogen (secondary N) is 1. The van der Waals surface area contributed by atoms with Gasteiger partial charge in [0.25, 0.3) is 5.56 Å². The van der Waals surface area contributed by atoms with Crippen molar-refractivity contribution < 1.29 is 8.78 Å². The molecule has 0 spiro atoms. The van der Waals surface area contributed by atoms with E-state index in [0.717, 1.165) is 26.3 Å². The summed E-state index contributed by atoms with van der Waals surface area (Å²) < 4.78 is 29.4. The van der Waals surface area contributed by atoms with Crippen LogP contribution < -0.4 is 33.2 Å². The van der Waals surface area contributed by atoms with Crippen molar-refractivity contribution >= 4 is 17.1 Å². The topological polar surface area (TPSA) is 148 Å². The summed E-state index contributed by atoms with van der Waals surface area (Å²) >= 11 is 0. The van der Waals surface area contributed by atoms with Crippen LogP contribution in [0.5, 0.6) is 0 Å². The number of aryl methyl sites for hydroxylation is 1. The quantitative estimate of drug-likeness (QED) is 0.289. The van der Waals surface area contributed by atoms with Crippen LogP contribution in [-0.4, -0.2) is 21.2 Å². The molecule has 0 bridgehead atoms. The third-order valence-corrected chi connectivity index (χ3v) is 4.69. The van der Waals surface area contributed by atoms with E-state index in [-0.39, 0.29) is 35.0 Å². The maximum Gasteiger partial charge on any atom is 0.336 e. The van der Waals surface area contributed by atoms with Gasteiger partial charge in [-0.25, -0.2) is 24.0 Å². The van der Waals surface area contributed by atoms with Gasteiger partial charge in [-0.1, -0.05) is 0 Å². The number of nitrogens with zero attached hydrogens (tertiary/aromatic N) is 5. The lowest BCUT2D eigenvalue weighted by Gasteiger charge is -2.25. The van der Waals surface area contributed by atoms with E-state index >= 15 is 0 Å². The van der Waals surface area contributed by atoms with Crippen molar-refractivity contribution in [2.45, 2.75) is 20.0 Å². The zero-order valence-electron chi connectivity index (χ0n) is 17.3. The molecule has 0 atom stereocenters. The molecule has 3 aromatic rings. The maximum absolute atomic E-state index is 13.9. The second-order valence-electron chi connectivity index (χ2n) is 6.91. The molecular weight excluding hydrogens is 422 g/mol. The SMILES string of the molecule is CNCc1c(N(N)c2cc(F)c(F)cc2N)c(=O)n(-c2cncc(C)c2)c(=O)n1CC#N. The van der Waals surface area contributed by atoms with E-state index in [0.29, 0.717) is 5.56 Å². The van der Waals surface area contributed by atoms with Crippen molar-refractivity contribution in [2.75, 3.05) is 17.8 Å². The number of benzene rings is 1. The van der Waals surface area contributed by atoms with Crippen molar-refractivity contribution in [2.24, 2.45) is 5.84 Å². The lowest BCUT2D eigenvalue weighted by Crippen LogP contribution is -2.46. The number of anilines is 3. The van der Waals surface area contributed by atoms with Crippen LogP contribution in [0.2, 0.25) is 0 Å². The van der Waals surface area contributed by atoms with E-state index in [9.17, 15) is 23.6 Å². The Kier molecular flexibility index (Phi) is 6.33. The van der Waals surface area contributed by atoms with Crippen LogP contribution in [0.1, 0.15) is 11.3 Å². The monoisotopic (exact) mass is 442 g/mol. The number of nitrogens with two attached hydrogens (primary N) is 2. The first-order valence-corrected chi connectivity index (χ1v) is 9.32. The third kappa shape index (κ3) is 3.94. The van der Waals surface area contributed by atoms with Gasteiger partial charge in [0.1, 0.15) is 12.2 Å². The molecule has 5 N–H and O–H groups in total. The molecule has 0 fully saturated rings. The van der Waals surface area contributed by atoms with E-state index in [1.807, 2.05) is 6.07 Å². The summed E-state index contributed by atoms with van der Waals surface area (Å²) in [7, 11) is 1.56. The van der Waals surface area contributed by atoms with Crippen molar-refractivity contribution in [3.63, 3.8) is 0 Å². The number of hydrogen-bond acceptors (Lipinski definition) is 8. The Morgan fingerprint density at radius 3 is 2.53 bits per heavy atom. The number of aromatic nitrogens is 3. The van der Waals surface area contributed by atoms with Gasteiger partial charge in [0.05, 0.1) is 35.0 Å². The van der Waals surface area contributed by atoms with E-state index in [4.69, 9.17) is 11.6 Å². The van der Waals surface area contributed by atoms with Crippen molar-refractivity contribution in [3.05, 3.63) is 74.3 Å². The molecule has 2 aromatic heterocycles. The Labute approximate surface area is 180 Å². The molecule has 1 aromatic carbocycles. The molecule has 0 aliphatic rings. The van der Waals surface area contributed by atoms with Gasteiger partial charge in [0, 0.05) is 24.9 Å². The van der Waals surface area contributed by atoms with Gasteiger partial charge in [-0.2, -0.15) is 5.26 Å². The predicted molar refractivity (Wildman–Crippen MR) is 114 cm³/mol. The van der Waals surface area contributed by atoms with Crippen LogP contribution in [-0.2, 0) is 13.1 Å². The van der Waals surface area contributed by atoms with Gasteiger partial charge in [-0.15, -0.1) is 0 Å². The Bertz CT molecular complexity index is 1340. The molecule has 0 aliphatic heterocycles. The molecule has 0 saturated carbocycles. The van der Waals surface area contributed by atoms with E-state index < -0.39 is 29.4 Å². The van der Waals surface area contributed by atoms with Crippen molar-refractivity contribution in [3.8, 4) is 11.8 Å². The summed E-state index contributed by atoms with van der Waals surface area (Å²) in [6.45, 7) is 1.29. The zero-order valence-corrected chi connectivity index (χ0v) is 17.3. The Morgan fingerprint density at radius 1 is 1.22 bits per heavy atom. The van der Waals surface area contributed by atoms with Gasteiger partial charge in [0.15, 0.2) is 11.6 Å². The third-order valence-electron chi connectivity index (χ3n) is 4.69. The number of nitrogen functional groups attached to an aromatic ring is 1. The van der Waals surface area contributed by atoms with Crippen LogP contribution in [0.3, 0.4) is 0 Å². The second-order valence-corrected chi connectivity index (χ2v) is 6.91. The number of pyridine rings is 1. The highest BCUT2D eigenvalue weighted by Crippen LogP contribution is 2.29. The van der Waals surface area contributed by atoms with Crippen LogP contribution >= 0.6 is 0 Å². The van der Waals surface area contributed by atoms with E-state index in [1.165, 1.54) is 12.4 Å². The molecule has 0 aliphatic carbocycles. The Morgan fingerprint density at radius 2 is 1.91 bits per heavy atom. The minimum absolute atomic E-state index is 0.0360. The van der Waals surface area contributed by atoms with Gasteiger partial charge in [-0.05, 0) is 25.6 Å². The minimum atomic E-state index is -1.23. The lowest BCUT2D eigenvalue weighted by molar-refractivity contribution is 0.509. The van der Waals surface area contributed by atoms with E-state index in [2.05, 4.69) is 10.3 Å². The first-order valence-electron chi connectivity index (χ1n) is 9.32. The minimum Gasteiger partial charge on any atom is -0.397 e. The highest BCUT2D eigenvalue weighted by atomic mass is 19.2. The molecule has 10 nitrogen and oxygen atoms in total. The number of rotatable bonds is 6. The number of halogens is 2. The fourth-order valence-corrected chi connectivity index (χ4v) is 3.27. The van der Waals surface area contributed by atoms with Gasteiger partial charge in [-0.3, -0.25) is 19.4 Å². The normalized spacial score (nSPS) is 10.8. The highest BCUT2D eigenvalue weighted by Gasteiger charge is 2.25. The average molecular weight is 442 g/mol. The summed E-state index contributed by atoms with van der Waals surface area (Å²) in [5.74, 6) is 3.75. The fourth-order valence-electron chi connectivity index (χ4n) is 3.27. The van der Waals surface area contributed by atoms with Crippen LogP contribution in [0, 0.1) is 29.9 Å². The van der Waals surface area contributed by atoms with Crippen LogP contribution in [0.4, 0.5) is 25.8 Å². The number of nitriles is 1. The summed E-state index contributed by atoms with van der Waals surface area (Å²) in [5.41, 5.74) is 4.37. The molecular formula is C20H20F2N8O2. The predicted octanol–water partition coefficient (Wildman–Crippen LogP) is 0.818. The molecule has 12 heteroatoms. The Hall–Kier alpha value is -4.08. The van der Waals surface area contributed by atoms with Crippen LogP contribution in [0.15, 0.2) is 40.2 Å². The Balaban J connectivity index is 2.43.